The Bertz CT molecular complexity index is 1560. The molecule has 1 aliphatic heterocycles. The third-order valence-electron chi connectivity index (χ3n) is 7.88. The van der Waals surface area contributed by atoms with E-state index in [0.717, 1.165) is 44.6 Å². The van der Waals surface area contributed by atoms with Crippen molar-refractivity contribution in [2.45, 2.75) is 45.1 Å². The van der Waals surface area contributed by atoms with Gasteiger partial charge in [0.05, 0.1) is 25.8 Å². The van der Waals surface area contributed by atoms with E-state index < -0.39 is 6.10 Å². The van der Waals surface area contributed by atoms with Crippen LogP contribution in [0.4, 0.5) is 4.39 Å². The van der Waals surface area contributed by atoms with Crippen molar-refractivity contribution in [2.24, 2.45) is 0 Å². The molecule has 4 aromatic rings. The zero-order valence-electron chi connectivity index (χ0n) is 22.3. The molecule has 0 saturated carbocycles. The molecule has 2 aliphatic rings. The van der Waals surface area contributed by atoms with Crippen LogP contribution in [0, 0.1) is 19.7 Å². The Morgan fingerprint density at radius 1 is 1.05 bits per heavy atom. The third kappa shape index (κ3) is 4.54. The molecule has 3 aromatic carbocycles. The standard InChI is InChI=1S/C33H30FNO4/c1-19-6-4-7-20(2)31(19)33-26(8-5-15-35-33)24-11-13-27(34)32-25(24)12-14-28(32)39-22-9-10-23-21(16-30(36)37-3)18-38-29(23)17-22/h4-11,13,15,17,21,28H,12,14,16,18H2,1-3H3/t21?,28-/m1/s1. The van der Waals surface area contributed by atoms with Crippen LogP contribution in [0.1, 0.15) is 52.7 Å². The Kier molecular flexibility index (Phi) is 6.55. The zero-order valence-corrected chi connectivity index (χ0v) is 22.3. The molecule has 5 nitrogen and oxygen atoms in total. The van der Waals surface area contributed by atoms with Gasteiger partial charge in [0.2, 0.25) is 0 Å². The number of ether oxygens (including phenoxy) is 3. The molecule has 0 N–H and O–H groups in total. The summed E-state index contributed by atoms with van der Waals surface area (Å²) in [5.41, 5.74) is 8.85. The first kappa shape index (κ1) is 25.1. The van der Waals surface area contributed by atoms with Crippen LogP contribution in [0.5, 0.6) is 11.5 Å². The van der Waals surface area contributed by atoms with Crippen molar-refractivity contribution >= 4 is 5.97 Å². The largest absolute Gasteiger partial charge is 0.492 e. The summed E-state index contributed by atoms with van der Waals surface area (Å²) in [6.07, 6.45) is 3.05. The first-order valence-corrected chi connectivity index (χ1v) is 13.3. The number of carbonyl (C=O) groups excluding carboxylic acids is 1. The van der Waals surface area contributed by atoms with E-state index in [4.69, 9.17) is 19.2 Å². The first-order chi connectivity index (χ1) is 18.9. The maximum absolute atomic E-state index is 15.4. The highest BCUT2D eigenvalue weighted by Gasteiger charge is 2.32. The predicted molar refractivity (Wildman–Crippen MR) is 148 cm³/mol. The molecule has 0 bridgehead atoms. The highest BCUT2D eigenvalue weighted by atomic mass is 19.1. The number of halogens is 1. The fourth-order valence-corrected chi connectivity index (χ4v) is 6.00. The first-order valence-electron chi connectivity index (χ1n) is 13.3. The number of methoxy groups -OCH3 is 1. The van der Waals surface area contributed by atoms with Gasteiger partial charge >= 0.3 is 5.97 Å². The van der Waals surface area contributed by atoms with Gasteiger partial charge in [-0.05, 0) is 67.1 Å². The molecule has 2 heterocycles. The molecule has 1 unspecified atom stereocenters. The quantitative estimate of drug-likeness (QED) is 0.249. The van der Waals surface area contributed by atoms with Crippen molar-refractivity contribution < 1.29 is 23.4 Å². The number of aryl methyl sites for hydroxylation is 2. The molecule has 198 valence electrons. The van der Waals surface area contributed by atoms with Crippen LogP contribution >= 0.6 is 0 Å². The summed E-state index contributed by atoms with van der Waals surface area (Å²) in [6, 6.07) is 19.3. The molecule has 1 aromatic heterocycles. The normalized spacial score (nSPS) is 17.3. The molecular formula is C33H30FNO4. The van der Waals surface area contributed by atoms with Gasteiger partial charge in [-0.1, -0.05) is 36.4 Å². The van der Waals surface area contributed by atoms with Gasteiger partial charge in [0, 0.05) is 40.4 Å². The number of hydrogen-bond donors (Lipinski definition) is 0. The maximum atomic E-state index is 15.4. The number of pyridine rings is 1. The van der Waals surface area contributed by atoms with E-state index in [0.29, 0.717) is 36.5 Å². The van der Waals surface area contributed by atoms with E-state index in [2.05, 4.69) is 38.1 Å². The molecule has 1 aliphatic carbocycles. The molecule has 0 fully saturated rings. The molecule has 6 heteroatoms. The minimum atomic E-state index is -0.411. The number of aromatic nitrogens is 1. The Labute approximate surface area is 227 Å². The van der Waals surface area contributed by atoms with E-state index in [9.17, 15) is 4.79 Å². The Balaban J connectivity index is 1.33. The lowest BCUT2D eigenvalue weighted by Gasteiger charge is -2.19. The third-order valence-corrected chi connectivity index (χ3v) is 7.88. The summed E-state index contributed by atoms with van der Waals surface area (Å²) in [6.45, 7) is 4.61. The van der Waals surface area contributed by atoms with E-state index in [-0.39, 0.29) is 24.1 Å². The van der Waals surface area contributed by atoms with E-state index >= 15 is 4.39 Å². The van der Waals surface area contributed by atoms with Crippen molar-refractivity contribution in [3.05, 3.63) is 100 Å². The van der Waals surface area contributed by atoms with E-state index in [1.807, 2.05) is 36.5 Å². The van der Waals surface area contributed by atoms with E-state index in [1.165, 1.54) is 7.11 Å². The average molecular weight is 524 g/mol. The fourth-order valence-electron chi connectivity index (χ4n) is 6.00. The summed E-state index contributed by atoms with van der Waals surface area (Å²) in [7, 11) is 1.39. The van der Waals surface area contributed by atoms with Gasteiger partial charge in [-0.25, -0.2) is 4.39 Å². The summed E-state index contributed by atoms with van der Waals surface area (Å²) >= 11 is 0. The average Bonchev–Trinajstić information content (AvgIpc) is 3.54. The lowest BCUT2D eigenvalue weighted by atomic mass is 9.90. The SMILES string of the molecule is COC(=O)CC1COc2cc(O[C@@H]3CCc4c(-c5cccnc5-c5c(C)cccc5C)ccc(F)c43)ccc21. The number of benzene rings is 3. The maximum Gasteiger partial charge on any atom is 0.306 e. The number of fused-ring (bicyclic) bond motifs is 2. The van der Waals surface area contributed by atoms with Gasteiger partial charge in [0.15, 0.2) is 0 Å². The minimum absolute atomic E-state index is 0.0423. The molecule has 0 radical (unpaired) electrons. The van der Waals surface area contributed by atoms with Crippen LogP contribution in [0.25, 0.3) is 22.4 Å². The highest BCUT2D eigenvalue weighted by Crippen LogP contribution is 2.45. The van der Waals surface area contributed by atoms with Gasteiger partial charge in [-0.3, -0.25) is 9.78 Å². The van der Waals surface area contributed by atoms with Gasteiger partial charge < -0.3 is 14.2 Å². The molecule has 39 heavy (non-hydrogen) atoms. The molecule has 6 rings (SSSR count). The molecule has 2 atom stereocenters. The van der Waals surface area contributed by atoms with Gasteiger partial charge in [-0.15, -0.1) is 0 Å². The van der Waals surface area contributed by atoms with Crippen LogP contribution in [0.3, 0.4) is 0 Å². The van der Waals surface area contributed by atoms with Crippen molar-refractivity contribution in [3.63, 3.8) is 0 Å². The highest BCUT2D eigenvalue weighted by molar-refractivity contribution is 5.85. The summed E-state index contributed by atoms with van der Waals surface area (Å²) < 4.78 is 32.4. The lowest BCUT2D eigenvalue weighted by molar-refractivity contribution is -0.141. The predicted octanol–water partition coefficient (Wildman–Crippen LogP) is 7.28. The molecule has 0 spiro atoms. The Hall–Kier alpha value is -4.19. The monoisotopic (exact) mass is 523 g/mol. The van der Waals surface area contributed by atoms with Crippen molar-refractivity contribution in [2.75, 3.05) is 13.7 Å². The van der Waals surface area contributed by atoms with Crippen LogP contribution in [-0.4, -0.2) is 24.7 Å². The lowest BCUT2D eigenvalue weighted by Crippen LogP contribution is -2.09. The second-order valence-electron chi connectivity index (χ2n) is 10.3. The number of nitrogens with zero attached hydrogens (tertiary/aromatic N) is 1. The Morgan fingerprint density at radius 2 is 1.87 bits per heavy atom. The zero-order chi connectivity index (χ0) is 27.1. The molecule has 0 saturated heterocycles. The fraction of sp³-hybridized carbons (Fsp3) is 0.273. The minimum Gasteiger partial charge on any atom is -0.492 e. The van der Waals surface area contributed by atoms with E-state index in [1.54, 1.807) is 6.07 Å². The van der Waals surface area contributed by atoms with Crippen LogP contribution < -0.4 is 9.47 Å². The summed E-state index contributed by atoms with van der Waals surface area (Å²) in [5, 5.41) is 0. The Morgan fingerprint density at radius 3 is 2.67 bits per heavy atom. The van der Waals surface area contributed by atoms with Crippen LogP contribution in [0.2, 0.25) is 0 Å². The topological polar surface area (TPSA) is 57.7 Å². The number of rotatable bonds is 6. The smallest absolute Gasteiger partial charge is 0.306 e. The van der Waals surface area contributed by atoms with Crippen molar-refractivity contribution in [3.8, 4) is 33.9 Å². The second kappa shape index (κ2) is 10.2. The van der Waals surface area contributed by atoms with Crippen LogP contribution in [-0.2, 0) is 16.0 Å². The second-order valence-corrected chi connectivity index (χ2v) is 10.3. The number of esters is 1. The molecule has 0 amide bonds. The van der Waals surface area contributed by atoms with Crippen molar-refractivity contribution in [1.29, 1.82) is 0 Å². The summed E-state index contributed by atoms with van der Waals surface area (Å²) in [5.74, 6) is 0.749. The molecular weight excluding hydrogens is 493 g/mol. The summed E-state index contributed by atoms with van der Waals surface area (Å²) in [4.78, 5) is 16.5. The number of hydrogen-bond acceptors (Lipinski definition) is 5. The van der Waals surface area contributed by atoms with Gasteiger partial charge in [-0.2, -0.15) is 0 Å². The van der Waals surface area contributed by atoms with Crippen LogP contribution in [0.15, 0.2) is 66.9 Å². The van der Waals surface area contributed by atoms with Gasteiger partial charge in [0.1, 0.15) is 23.4 Å². The number of carbonyl (C=O) groups is 1. The van der Waals surface area contributed by atoms with Crippen molar-refractivity contribution in [1.82, 2.24) is 4.98 Å². The van der Waals surface area contributed by atoms with Gasteiger partial charge in [0.25, 0.3) is 0 Å².